The topological polar surface area (TPSA) is 30.2 Å². The van der Waals surface area contributed by atoms with E-state index >= 15 is 0 Å². The lowest BCUT2D eigenvalue weighted by molar-refractivity contribution is 0.592. The van der Waals surface area contributed by atoms with Crippen molar-refractivity contribution in [3.05, 3.63) is 45.8 Å². The summed E-state index contributed by atoms with van der Waals surface area (Å²) in [6.07, 6.45) is 2.39. The molecule has 0 saturated carbocycles. The molecule has 2 aromatic rings. The van der Waals surface area contributed by atoms with Gasteiger partial charge in [-0.1, -0.05) is 11.6 Å². The second kappa shape index (κ2) is 2.64. The van der Waals surface area contributed by atoms with E-state index in [-0.39, 0.29) is 5.43 Å². The monoisotopic (exact) mass is 179 g/mol. The van der Waals surface area contributed by atoms with Crippen LogP contribution < -0.4 is 5.43 Å². The fourth-order valence-electron chi connectivity index (χ4n) is 1.01. The minimum Gasteiger partial charge on any atom is -0.453 e. The molecule has 0 amide bonds. The fourth-order valence-corrected chi connectivity index (χ4v) is 1.18. The molecule has 0 fully saturated rings. The van der Waals surface area contributed by atoms with Crippen LogP contribution in [0.5, 0.6) is 0 Å². The molecule has 0 saturated heterocycles. The molecule has 2 nitrogen and oxygen atoms in total. The molecule has 0 bridgehead atoms. The van der Waals surface area contributed by atoms with Crippen LogP contribution >= 0.6 is 11.6 Å². The average Bonchev–Trinajstić information content (AvgIpc) is 2.07. The third-order valence-corrected chi connectivity index (χ3v) is 1.80. The maximum atomic E-state index is 11.2. The second-order valence-corrected chi connectivity index (χ2v) is 2.81. The lowest BCUT2D eigenvalue weighted by Crippen LogP contribution is -1.97. The molecule has 1 aromatic carbocycles. The van der Waals surface area contributed by atoms with Crippen molar-refractivity contribution in [2.75, 3.05) is 0 Å². The van der Waals surface area contributed by atoms with Crippen LogP contribution in [0.1, 0.15) is 0 Å². The zero-order chi connectivity index (χ0) is 8.55. The Balaban J connectivity index is 2.98. The van der Waals surface area contributed by atoms with E-state index < -0.39 is 0 Å². The smallest absolute Gasteiger partial charge is 0.193 e. The van der Waals surface area contributed by atoms with Crippen molar-refractivity contribution in [1.82, 2.24) is 0 Å². The standard InChI is InChI=1S/C9H4ClO2/c10-6-1-2-9-7(5-6)8(11)3-4-12-9/h1-3,5H. The van der Waals surface area contributed by atoms with Gasteiger partial charge in [0.25, 0.3) is 0 Å². The number of halogens is 1. The van der Waals surface area contributed by atoms with Crippen LogP contribution in [0, 0.1) is 6.26 Å². The van der Waals surface area contributed by atoms with Gasteiger partial charge in [0.1, 0.15) is 5.58 Å². The highest BCUT2D eigenvalue weighted by atomic mass is 35.5. The van der Waals surface area contributed by atoms with Crippen molar-refractivity contribution in [3.8, 4) is 0 Å². The third kappa shape index (κ3) is 1.10. The summed E-state index contributed by atoms with van der Waals surface area (Å²) in [5.74, 6) is 0. The van der Waals surface area contributed by atoms with E-state index in [1.807, 2.05) is 0 Å². The molecule has 0 unspecified atom stereocenters. The molecule has 1 heterocycles. The van der Waals surface area contributed by atoms with Gasteiger partial charge in [-0.3, -0.25) is 4.79 Å². The van der Waals surface area contributed by atoms with Crippen LogP contribution in [-0.4, -0.2) is 0 Å². The number of hydrogen-bond acceptors (Lipinski definition) is 2. The Hall–Kier alpha value is -1.28. The third-order valence-electron chi connectivity index (χ3n) is 1.57. The molecule has 0 N–H and O–H groups in total. The summed E-state index contributed by atoms with van der Waals surface area (Å²) in [7, 11) is 0. The van der Waals surface area contributed by atoms with Crippen LogP contribution in [0.3, 0.4) is 0 Å². The van der Waals surface area contributed by atoms with E-state index in [2.05, 4.69) is 6.26 Å². The second-order valence-electron chi connectivity index (χ2n) is 2.37. The highest BCUT2D eigenvalue weighted by molar-refractivity contribution is 6.31. The van der Waals surface area contributed by atoms with Gasteiger partial charge in [-0.2, -0.15) is 0 Å². The van der Waals surface area contributed by atoms with Crippen molar-refractivity contribution in [2.45, 2.75) is 0 Å². The number of benzene rings is 1. The first-order valence-electron chi connectivity index (χ1n) is 3.37. The first-order chi connectivity index (χ1) is 5.77. The van der Waals surface area contributed by atoms with Crippen molar-refractivity contribution < 1.29 is 4.42 Å². The minimum atomic E-state index is -0.126. The zero-order valence-electron chi connectivity index (χ0n) is 6.00. The molecule has 12 heavy (non-hydrogen) atoms. The maximum absolute atomic E-state index is 11.2. The fraction of sp³-hybridized carbons (Fsp3) is 0. The van der Waals surface area contributed by atoms with Gasteiger partial charge >= 0.3 is 0 Å². The number of fused-ring (bicyclic) bond motifs is 1. The van der Waals surface area contributed by atoms with Gasteiger partial charge in [0, 0.05) is 11.1 Å². The van der Waals surface area contributed by atoms with Gasteiger partial charge in [0.2, 0.25) is 0 Å². The Morgan fingerprint density at radius 1 is 1.42 bits per heavy atom. The normalized spacial score (nSPS) is 10.4. The van der Waals surface area contributed by atoms with E-state index in [1.54, 1.807) is 18.2 Å². The van der Waals surface area contributed by atoms with Gasteiger partial charge in [-0.25, -0.2) is 0 Å². The molecule has 59 valence electrons. The van der Waals surface area contributed by atoms with Crippen LogP contribution in [-0.2, 0) is 0 Å². The van der Waals surface area contributed by atoms with Crippen LogP contribution in [0.25, 0.3) is 11.0 Å². The summed E-state index contributed by atoms with van der Waals surface area (Å²) >= 11 is 5.70. The van der Waals surface area contributed by atoms with E-state index in [0.717, 1.165) is 0 Å². The van der Waals surface area contributed by atoms with Crippen LogP contribution in [0.2, 0.25) is 5.02 Å². The van der Waals surface area contributed by atoms with Gasteiger partial charge in [-0.05, 0) is 18.2 Å². The predicted molar refractivity (Wildman–Crippen MR) is 46.3 cm³/mol. The summed E-state index contributed by atoms with van der Waals surface area (Å²) in [5, 5.41) is 1.02. The van der Waals surface area contributed by atoms with Gasteiger partial charge in [0.15, 0.2) is 11.7 Å². The summed E-state index contributed by atoms with van der Waals surface area (Å²) < 4.78 is 4.96. The minimum absolute atomic E-state index is 0.126. The van der Waals surface area contributed by atoms with Crippen molar-refractivity contribution >= 4 is 22.6 Å². The van der Waals surface area contributed by atoms with E-state index in [9.17, 15) is 4.79 Å². The van der Waals surface area contributed by atoms with Crippen molar-refractivity contribution in [1.29, 1.82) is 0 Å². The van der Waals surface area contributed by atoms with Crippen LogP contribution in [0.15, 0.2) is 33.5 Å². The average molecular weight is 180 g/mol. The van der Waals surface area contributed by atoms with E-state index in [1.165, 1.54) is 6.07 Å². The van der Waals surface area contributed by atoms with E-state index in [4.69, 9.17) is 16.0 Å². The Bertz CT molecular complexity index is 473. The first-order valence-corrected chi connectivity index (χ1v) is 3.74. The lowest BCUT2D eigenvalue weighted by Gasteiger charge is -1.93. The molecule has 0 aliphatic rings. The largest absolute Gasteiger partial charge is 0.453 e. The Morgan fingerprint density at radius 2 is 2.25 bits per heavy atom. The molecule has 0 aliphatic carbocycles. The Kier molecular flexibility index (Phi) is 1.62. The molecule has 0 spiro atoms. The quantitative estimate of drug-likeness (QED) is 0.621. The van der Waals surface area contributed by atoms with Crippen LogP contribution in [0.4, 0.5) is 0 Å². The van der Waals surface area contributed by atoms with Crippen molar-refractivity contribution in [3.63, 3.8) is 0 Å². The first kappa shape index (κ1) is 7.37. The van der Waals surface area contributed by atoms with Crippen molar-refractivity contribution in [2.24, 2.45) is 0 Å². The molecule has 0 aliphatic heterocycles. The molecule has 2 rings (SSSR count). The molecule has 1 radical (unpaired) electrons. The summed E-state index contributed by atoms with van der Waals surface area (Å²) in [5.41, 5.74) is 0.380. The lowest BCUT2D eigenvalue weighted by atomic mass is 10.2. The Morgan fingerprint density at radius 3 is 3.08 bits per heavy atom. The highest BCUT2D eigenvalue weighted by Crippen LogP contribution is 2.15. The van der Waals surface area contributed by atoms with Gasteiger partial charge in [0.05, 0.1) is 5.39 Å². The molecule has 1 aromatic heterocycles. The zero-order valence-corrected chi connectivity index (χ0v) is 6.76. The number of hydrogen-bond donors (Lipinski definition) is 0. The number of rotatable bonds is 0. The SMILES string of the molecule is O=c1c[c]oc2ccc(Cl)cc12. The summed E-state index contributed by atoms with van der Waals surface area (Å²) in [4.78, 5) is 11.2. The predicted octanol–water partition coefficient (Wildman–Crippen LogP) is 2.25. The summed E-state index contributed by atoms with van der Waals surface area (Å²) in [6.45, 7) is 0. The highest BCUT2D eigenvalue weighted by Gasteiger charge is 1.99. The molecule has 3 heteroatoms. The van der Waals surface area contributed by atoms with E-state index in [0.29, 0.717) is 16.0 Å². The summed E-state index contributed by atoms with van der Waals surface area (Å²) in [6, 6.07) is 6.14. The molecular formula is C9H4ClO2. The maximum Gasteiger partial charge on any atom is 0.193 e. The van der Waals surface area contributed by atoms with Gasteiger partial charge < -0.3 is 4.42 Å². The van der Waals surface area contributed by atoms with Gasteiger partial charge in [-0.15, -0.1) is 0 Å². The molecule has 0 atom stereocenters. The molecular weight excluding hydrogens is 176 g/mol. The Labute approximate surface area is 73.4 Å².